The Balaban J connectivity index is 1.72. The van der Waals surface area contributed by atoms with Crippen LogP contribution >= 0.6 is 0 Å². The van der Waals surface area contributed by atoms with E-state index in [2.05, 4.69) is 5.32 Å². The quantitative estimate of drug-likeness (QED) is 0.874. The minimum atomic E-state index is 0.0661. The Morgan fingerprint density at radius 1 is 1.16 bits per heavy atom. The molecule has 0 radical (unpaired) electrons. The summed E-state index contributed by atoms with van der Waals surface area (Å²) in [6.45, 7) is 3.02. The van der Waals surface area contributed by atoms with E-state index >= 15 is 0 Å². The van der Waals surface area contributed by atoms with Crippen LogP contribution in [0.15, 0.2) is 30.3 Å². The van der Waals surface area contributed by atoms with Gasteiger partial charge < -0.3 is 15.0 Å². The molecule has 1 N–H and O–H groups in total. The molecule has 2 saturated heterocycles. The summed E-state index contributed by atoms with van der Waals surface area (Å²) in [6.07, 6.45) is 2.46. The van der Waals surface area contributed by atoms with E-state index in [0.717, 1.165) is 31.6 Å². The van der Waals surface area contributed by atoms with Crippen molar-refractivity contribution in [3.8, 4) is 0 Å². The average molecular weight is 260 g/mol. The van der Waals surface area contributed by atoms with Crippen molar-refractivity contribution >= 4 is 11.6 Å². The number of ether oxygens (including phenoxy) is 1. The van der Waals surface area contributed by atoms with Crippen LogP contribution in [-0.4, -0.2) is 38.3 Å². The molecule has 102 valence electrons. The van der Waals surface area contributed by atoms with Gasteiger partial charge in [0.05, 0.1) is 12.6 Å². The standard InChI is InChI=1S/C15H20N2O2/c18-15-11-19-14(12-6-8-16-9-7-12)10-17(15)13-4-2-1-3-5-13/h1-5,12,14,16H,6-11H2. The maximum atomic E-state index is 12.0. The Kier molecular flexibility index (Phi) is 3.80. The molecule has 2 aliphatic rings. The van der Waals surface area contributed by atoms with Crippen LogP contribution in [0, 0.1) is 5.92 Å². The summed E-state index contributed by atoms with van der Waals surface area (Å²) in [5.41, 5.74) is 0.981. The molecule has 4 nitrogen and oxygen atoms in total. The highest BCUT2D eigenvalue weighted by Gasteiger charge is 2.33. The summed E-state index contributed by atoms with van der Waals surface area (Å²) in [5.74, 6) is 0.636. The highest BCUT2D eigenvalue weighted by atomic mass is 16.5. The van der Waals surface area contributed by atoms with Crippen LogP contribution in [0.4, 0.5) is 5.69 Å². The first-order valence-corrected chi connectivity index (χ1v) is 7.02. The van der Waals surface area contributed by atoms with Gasteiger partial charge in [-0.15, -0.1) is 0 Å². The second-order valence-electron chi connectivity index (χ2n) is 5.28. The van der Waals surface area contributed by atoms with Gasteiger partial charge in [0.1, 0.15) is 6.61 Å². The van der Waals surface area contributed by atoms with Crippen molar-refractivity contribution in [3.63, 3.8) is 0 Å². The lowest BCUT2D eigenvalue weighted by molar-refractivity contribution is -0.131. The van der Waals surface area contributed by atoms with Crippen LogP contribution in [0.1, 0.15) is 12.8 Å². The van der Waals surface area contributed by atoms with E-state index in [-0.39, 0.29) is 18.6 Å². The van der Waals surface area contributed by atoms with Gasteiger partial charge in [0.2, 0.25) is 0 Å². The molecule has 2 aliphatic heterocycles. The molecule has 0 aromatic heterocycles. The number of nitrogens with zero attached hydrogens (tertiary/aromatic N) is 1. The van der Waals surface area contributed by atoms with Crippen molar-refractivity contribution in [2.45, 2.75) is 18.9 Å². The van der Waals surface area contributed by atoms with E-state index in [1.807, 2.05) is 35.2 Å². The van der Waals surface area contributed by atoms with Gasteiger partial charge in [-0.1, -0.05) is 18.2 Å². The predicted octanol–water partition coefficient (Wildman–Crippen LogP) is 1.42. The maximum absolute atomic E-state index is 12.0. The Labute approximate surface area is 113 Å². The molecule has 1 atom stereocenters. The average Bonchev–Trinajstić information content (AvgIpc) is 2.49. The van der Waals surface area contributed by atoms with Crippen molar-refractivity contribution in [2.24, 2.45) is 5.92 Å². The number of anilines is 1. The summed E-state index contributed by atoms with van der Waals surface area (Å²) in [5, 5.41) is 3.37. The normalized spacial score (nSPS) is 25.6. The Morgan fingerprint density at radius 2 is 1.89 bits per heavy atom. The topological polar surface area (TPSA) is 41.6 Å². The lowest BCUT2D eigenvalue weighted by Crippen LogP contribution is -2.51. The van der Waals surface area contributed by atoms with Crippen LogP contribution in [0.5, 0.6) is 0 Å². The molecule has 4 heteroatoms. The second kappa shape index (κ2) is 5.72. The van der Waals surface area contributed by atoms with Gasteiger partial charge in [-0.25, -0.2) is 0 Å². The largest absolute Gasteiger partial charge is 0.366 e. The zero-order valence-corrected chi connectivity index (χ0v) is 11.0. The number of amides is 1. The van der Waals surface area contributed by atoms with E-state index in [0.29, 0.717) is 12.5 Å². The third-order valence-corrected chi connectivity index (χ3v) is 4.06. The van der Waals surface area contributed by atoms with Crippen molar-refractivity contribution in [1.29, 1.82) is 0 Å². The fraction of sp³-hybridized carbons (Fsp3) is 0.533. The Hall–Kier alpha value is -1.39. The van der Waals surface area contributed by atoms with Gasteiger partial charge in [0.25, 0.3) is 5.91 Å². The van der Waals surface area contributed by atoms with Gasteiger partial charge in [-0.2, -0.15) is 0 Å². The van der Waals surface area contributed by atoms with Crippen molar-refractivity contribution in [3.05, 3.63) is 30.3 Å². The van der Waals surface area contributed by atoms with Gasteiger partial charge in [-0.05, 0) is 44.0 Å². The number of para-hydroxylation sites is 1. The van der Waals surface area contributed by atoms with Crippen LogP contribution < -0.4 is 10.2 Å². The highest BCUT2D eigenvalue weighted by Crippen LogP contribution is 2.25. The molecule has 2 fully saturated rings. The number of rotatable bonds is 2. The summed E-state index contributed by atoms with van der Waals surface area (Å²) in [7, 11) is 0. The molecule has 1 aromatic rings. The molecule has 0 aliphatic carbocycles. The molecule has 2 heterocycles. The summed E-state index contributed by atoms with van der Waals surface area (Å²) in [4.78, 5) is 13.9. The summed E-state index contributed by atoms with van der Waals surface area (Å²) < 4.78 is 5.76. The maximum Gasteiger partial charge on any atom is 0.253 e. The fourth-order valence-corrected chi connectivity index (χ4v) is 2.95. The highest BCUT2D eigenvalue weighted by molar-refractivity contribution is 5.94. The molecule has 0 bridgehead atoms. The third kappa shape index (κ3) is 2.80. The first-order chi connectivity index (χ1) is 9.34. The summed E-state index contributed by atoms with van der Waals surface area (Å²) in [6, 6.07) is 9.89. The van der Waals surface area contributed by atoms with Crippen molar-refractivity contribution in [2.75, 3.05) is 31.1 Å². The van der Waals surface area contributed by atoms with Crippen molar-refractivity contribution in [1.82, 2.24) is 5.32 Å². The SMILES string of the molecule is O=C1COC(C2CCNCC2)CN1c1ccccc1. The van der Waals surface area contributed by atoms with E-state index in [1.165, 1.54) is 0 Å². The molecule has 1 unspecified atom stereocenters. The monoisotopic (exact) mass is 260 g/mol. The number of hydrogen-bond donors (Lipinski definition) is 1. The van der Waals surface area contributed by atoms with Gasteiger partial charge in [-0.3, -0.25) is 4.79 Å². The molecular formula is C15H20N2O2. The molecular weight excluding hydrogens is 240 g/mol. The number of carbonyl (C=O) groups excluding carboxylic acids is 1. The first kappa shape index (κ1) is 12.6. The molecule has 0 saturated carbocycles. The Bertz CT molecular complexity index is 429. The minimum Gasteiger partial charge on any atom is -0.366 e. The van der Waals surface area contributed by atoms with E-state index in [9.17, 15) is 4.79 Å². The number of carbonyl (C=O) groups is 1. The van der Waals surface area contributed by atoms with Gasteiger partial charge >= 0.3 is 0 Å². The third-order valence-electron chi connectivity index (χ3n) is 4.06. The minimum absolute atomic E-state index is 0.0661. The number of piperidine rings is 1. The number of benzene rings is 1. The molecule has 1 aromatic carbocycles. The van der Waals surface area contributed by atoms with E-state index in [1.54, 1.807) is 0 Å². The van der Waals surface area contributed by atoms with Crippen LogP contribution in [0.3, 0.4) is 0 Å². The number of hydrogen-bond acceptors (Lipinski definition) is 3. The smallest absolute Gasteiger partial charge is 0.253 e. The van der Waals surface area contributed by atoms with E-state index < -0.39 is 0 Å². The molecule has 0 spiro atoms. The Morgan fingerprint density at radius 3 is 2.63 bits per heavy atom. The van der Waals surface area contributed by atoms with E-state index in [4.69, 9.17) is 4.74 Å². The molecule has 1 amide bonds. The number of morpholine rings is 1. The van der Waals surface area contributed by atoms with Crippen LogP contribution in [-0.2, 0) is 9.53 Å². The first-order valence-electron chi connectivity index (χ1n) is 7.02. The lowest BCUT2D eigenvalue weighted by atomic mass is 9.91. The lowest BCUT2D eigenvalue weighted by Gasteiger charge is -2.38. The summed E-state index contributed by atoms with van der Waals surface area (Å²) >= 11 is 0. The zero-order chi connectivity index (χ0) is 13.1. The zero-order valence-electron chi connectivity index (χ0n) is 11.0. The number of nitrogens with one attached hydrogen (secondary N) is 1. The molecule has 3 rings (SSSR count). The van der Waals surface area contributed by atoms with Crippen LogP contribution in [0.2, 0.25) is 0 Å². The fourth-order valence-electron chi connectivity index (χ4n) is 2.95. The predicted molar refractivity (Wildman–Crippen MR) is 74.1 cm³/mol. The van der Waals surface area contributed by atoms with Crippen LogP contribution in [0.25, 0.3) is 0 Å². The van der Waals surface area contributed by atoms with Gasteiger partial charge in [0.15, 0.2) is 0 Å². The second-order valence-corrected chi connectivity index (χ2v) is 5.28. The van der Waals surface area contributed by atoms with Gasteiger partial charge in [0, 0.05) is 5.69 Å². The van der Waals surface area contributed by atoms with Crippen molar-refractivity contribution < 1.29 is 9.53 Å². The molecule has 19 heavy (non-hydrogen) atoms.